The molecule has 1 fully saturated rings. The van der Waals surface area contributed by atoms with Crippen molar-refractivity contribution in [2.45, 2.75) is 37.3 Å². The van der Waals surface area contributed by atoms with Crippen LogP contribution in [-0.2, 0) is 11.3 Å². The predicted molar refractivity (Wildman–Crippen MR) is 79.9 cm³/mol. The zero-order valence-electron chi connectivity index (χ0n) is 13.3. The minimum absolute atomic E-state index is 0.0847. The molecular weight excluding hydrogens is 324 g/mol. The van der Waals surface area contributed by atoms with Gasteiger partial charge in [0.2, 0.25) is 12.0 Å². The van der Waals surface area contributed by atoms with E-state index in [2.05, 4.69) is 0 Å². The SMILES string of the molecule is COc1cc(CO)cc(OC)c1O[C@@H]1O[C@@H](CO)[C@@H](O)[C@H](O)[C@H]1O. The van der Waals surface area contributed by atoms with Gasteiger partial charge in [0.25, 0.3) is 0 Å². The van der Waals surface area contributed by atoms with Gasteiger partial charge in [-0.15, -0.1) is 0 Å². The Morgan fingerprint density at radius 1 is 0.958 bits per heavy atom. The molecule has 136 valence electrons. The van der Waals surface area contributed by atoms with Crippen LogP contribution in [0.25, 0.3) is 0 Å². The van der Waals surface area contributed by atoms with E-state index in [4.69, 9.17) is 18.9 Å². The lowest BCUT2D eigenvalue weighted by atomic mass is 9.99. The second-order valence-corrected chi connectivity index (χ2v) is 5.30. The van der Waals surface area contributed by atoms with Gasteiger partial charge in [-0.3, -0.25) is 0 Å². The van der Waals surface area contributed by atoms with Crippen molar-refractivity contribution in [3.63, 3.8) is 0 Å². The van der Waals surface area contributed by atoms with Crippen LogP contribution in [0, 0.1) is 0 Å². The summed E-state index contributed by atoms with van der Waals surface area (Å²) in [7, 11) is 2.77. The zero-order valence-corrected chi connectivity index (χ0v) is 13.3. The summed E-state index contributed by atoms with van der Waals surface area (Å²) in [4.78, 5) is 0. The van der Waals surface area contributed by atoms with E-state index in [1.165, 1.54) is 26.4 Å². The number of benzene rings is 1. The highest BCUT2D eigenvalue weighted by atomic mass is 16.7. The fourth-order valence-electron chi connectivity index (χ4n) is 2.42. The largest absolute Gasteiger partial charge is 0.493 e. The lowest BCUT2D eigenvalue weighted by Crippen LogP contribution is -2.60. The summed E-state index contributed by atoms with van der Waals surface area (Å²) in [5, 5.41) is 48.1. The predicted octanol–water partition coefficient (Wildman–Crippen LogP) is -1.63. The van der Waals surface area contributed by atoms with Gasteiger partial charge in [0.05, 0.1) is 27.4 Å². The Morgan fingerprint density at radius 3 is 2.00 bits per heavy atom. The fourth-order valence-corrected chi connectivity index (χ4v) is 2.42. The maximum absolute atomic E-state index is 10.0. The minimum atomic E-state index is -1.56. The molecule has 9 nitrogen and oxygen atoms in total. The van der Waals surface area contributed by atoms with E-state index in [0.717, 1.165) is 0 Å². The van der Waals surface area contributed by atoms with Crippen molar-refractivity contribution in [2.75, 3.05) is 20.8 Å². The van der Waals surface area contributed by atoms with Gasteiger partial charge in [0, 0.05) is 0 Å². The van der Waals surface area contributed by atoms with Crippen molar-refractivity contribution in [2.24, 2.45) is 0 Å². The van der Waals surface area contributed by atoms with Crippen LogP contribution in [0.2, 0.25) is 0 Å². The van der Waals surface area contributed by atoms with E-state index >= 15 is 0 Å². The molecule has 1 saturated heterocycles. The molecule has 0 aliphatic carbocycles. The van der Waals surface area contributed by atoms with E-state index in [0.29, 0.717) is 5.56 Å². The molecule has 0 spiro atoms. The monoisotopic (exact) mass is 346 g/mol. The number of hydrogen-bond acceptors (Lipinski definition) is 9. The maximum Gasteiger partial charge on any atom is 0.229 e. The van der Waals surface area contributed by atoms with Crippen LogP contribution in [0.5, 0.6) is 17.2 Å². The van der Waals surface area contributed by atoms with E-state index in [1.807, 2.05) is 0 Å². The number of hydrogen-bond donors (Lipinski definition) is 5. The quantitative estimate of drug-likeness (QED) is 0.411. The molecule has 1 aliphatic heterocycles. The molecule has 1 heterocycles. The van der Waals surface area contributed by atoms with Gasteiger partial charge in [-0.2, -0.15) is 0 Å². The van der Waals surface area contributed by atoms with Crippen LogP contribution < -0.4 is 14.2 Å². The summed E-state index contributed by atoms with van der Waals surface area (Å²) >= 11 is 0. The number of aliphatic hydroxyl groups excluding tert-OH is 5. The van der Waals surface area contributed by atoms with Crippen LogP contribution in [-0.4, -0.2) is 77.1 Å². The van der Waals surface area contributed by atoms with E-state index in [9.17, 15) is 25.5 Å². The maximum atomic E-state index is 10.0. The Labute approximate surface area is 138 Å². The summed E-state index contributed by atoms with van der Waals surface area (Å²) < 4.78 is 21.3. The molecule has 9 heteroatoms. The molecule has 5 N–H and O–H groups in total. The Morgan fingerprint density at radius 2 is 1.54 bits per heavy atom. The van der Waals surface area contributed by atoms with Gasteiger partial charge in [-0.1, -0.05) is 0 Å². The van der Waals surface area contributed by atoms with Crippen molar-refractivity contribution in [3.8, 4) is 17.2 Å². The van der Waals surface area contributed by atoms with Crippen LogP contribution in [0.1, 0.15) is 5.56 Å². The highest BCUT2D eigenvalue weighted by Gasteiger charge is 2.45. The first-order valence-electron chi connectivity index (χ1n) is 7.29. The van der Waals surface area contributed by atoms with Crippen LogP contribution in [0.15, 0.2) is 12.1 Å². The van der Waals surface area contributed by atoms with Crippen LogP contribution >= 0.6 is 0 Å². The molecule has 0 amide bonds. The number of ether oxygens (including phenoxy) is 4. The van der Waals surface area contributed by atoms with Gasteiger partial charge in [-0.25, -0.2) is 0 Å². The lowest BCUT2D eigenvalue weighted by molar-refractivity contribution is -0.277. The Hall–Kier alpha value is -1.62. The van der Waals surface area contributed by atoms with Gasteiger partial charge in [0.1, 0.15) is 24.4 Å². The summed E-state index contributed by atoms with van der Waals surface area (Å²) in [6.45, 7) is -0.810. The molecule has 1 aromatic carbocycles. The third-order valence-corrected chi connectivity index (χ3v) is 3.79. The van der Waals surface area contributed by atoms with Gasteiger partial charge < -0.3 is 44.5 Å². The molecule has 0 unspecified atom stereocenters. The topological polar surface area (TPSA) is 138 Å². The highest BCUT2D eigenvalue weighted by Crippen LogP contribution is 2.40. The highest BCUT2D eigenvalue weighted by molar-refractivity contribution is 5.53. The first-order valence-corrected chi connectivity index (χ1v) is 7.29. The fraction of sp³-hybridized carbons (Fsp3) is 0.600. The van der Waals surface area contributed by atoms with Gasteiger partial charge in [-0.05, 0) is 17.7 Å². The molecular formula is C15H22O9. The molecule has 24 heavy (non-hydrogen) atoms. The average Bonchev–Trinajstić information content (AvgIpc) is 2.61. The van der Waals surface area contributed by atoms with Crippen molar-refractivity contribution in [1.29, 1.82) is 0 Å². The second-order valence-electron chi connectivity index (χ2n) is 5.30. The summed E-state index contributed by atoms with van der Waals surface area (Å²) in [6.07, 6.45) is -7.07. The second kappa shape index (κ2) is 7.97. The molecule has 0 bridgehead atoms. The lowest BCUT2D eigenvalue weighted by Gasteiger charge is -2.39. The van der Waals surface area contributed by atoms with Crippen LogP contribution in [0.4, 0.5) is 0 Å². The first kappa shape index (κ1) is 18.7. The normalized spacial score (nSPS) is 30.0. The van der Waals surface area contributed by atoms with Crippen molar-refractivity contribution in [3.05, 3.63) is 17.7 Å². The standard InChI is InChI=1S/C15H22O9/c1-21-8-3-7(5-16)4-9(22-2)14(8)24-15-13(20)12(19)11(18)10(6-17)23-15/h3-4,10-13,15-20H,5-6H2,1-2H3/t10-,11+,12-,13+,15-/m0/s1. The molecule has 0 aromatic heterocycles. The Kier molecular flexibility index (Phi) is 6.21. The Balaban J connectivity index is 2.32. The number of aliphatic hydroxyl groups is 5. The molecule has 5 atom stereocenters. The third kappa shape index (κ3) is 3.56. The number of methoxy groups -OCH3 is 2. The van der Waals surface area contributed by atoms with Gasteiger partial charge >= 0.3 is 0 Å². The van der Waals surface area contributed by atoms with E-state index in [1.54, 1.807) is 0 Å². The molecule has 0 radical (unpaired) electrons. The summed E-state index contributed by atoms with van der Waals surface area (Å²) in [5.41, 5.74) is 0.518. The average molecular weight is 346 g/mol. The molecule has 1 aromatic rings. The molecule has 0 saturated carbocycles. The smallest absolute Gasteiger partial charge is 0.229 e. The zero-order chi connectivity index (χ0) is 17.9. The van der Waals surface area contributed by atoms with Crippen molar-refractivity contribution < 1.29 is 44.5 Å². The Bertz CT molecular complexity index is 523. The van der Waals surface area contributed by atoms with E-state index in [-0.39, 0.29) is 23.9 Å². The van der Waals surface area contributed by atoms with Gasteiger partial charge in [0.15, 0.2) is 11.5 Å². The summed E-state index contributed by atoms with van der Waals surface area (Å²) in [5.74, 6) is 0.521. The van der Waals surface area contributed by atoms with Crippen LogP contribution in [0.3, 0.4) is 0 Å². The summed E-state index contributed by atoms with van der Waals surface area (Å²) in [6, 6.07) is 3.03. The third-order valence-electron chi connectivity index (χ3n) is 3.79. The minimum Gasteiger partial charge on any atom is -0.493 e. The molecule has 1 aliphatic rings. The van der Waals surface area contributed by atoms with E-state index < -0.39 is 37.3 Å². The number of rotatable bonds is 6. The van der Waals surface area contributed by atoms with Crippen molar-refractivity contribution in [1.82, 2.24) is 0 Å². The van der Waals surface area contributed by atoms with Crippen molar-refractivity contribution >= 4 is 0 Å². The molecule has 2 rings (SSSR count). The first-order chi connectivity index (χ1) is 11.5.